The molecule has 6 nitrogen and oxygen atoms in total. The normalized spacial score (nSPS) is 10.2. The maximum atomic E-state index is 11.8. The Balaban J connectivity index is 2.01. The van der Waals surface area contributed by atoms with Gasteiger partial charge in [-0.25, -0.2) is 0 Å². The van der Waals surface area contributed by atoms with Gasteiger partial charge in [0.1, 0.15) is 5.75 Å². The van der Waals surface area contributed by atoms with Crippen molar-refractivity contribution in [2.75, 3.05) is 6.61 Å². The predicted molar refractivity (Wildman–Crippen MR) is 68.3 cm³/mol. The number of aryl methyl sites for hydroxylation is 1. The van der Waals surface area contributed by atoms with E-state index in [1.54, 1.807) is 29.1 Å². The quantitative estimate of drug-likeness (QED) is 0.469. The number of nitro groups is 1. The van der Waals surface area contributed by atoms with Crippen LogP contribution in [0, 0.1) is 10.1 Å². The maximum Gasteiger partial charge on any atom is 0.273 e. The molecular formula is C13H12N2O4. The fourth-order valence-corrected chi connectivity index (χ4v) is 1.59. The number of hydrogen-bond acceptors (Lipinski definition) is 4. The van der Waals surface area contributed by atoms with Gasteiger partial charge in [0.2, 0.25) is 5.78 Å². The second-order valence-corrected chi connectivity index (χ2v) is 4.03. The molecule has 0 N–H and O–H groups in total. The van der Waals surface area contributed by atoms with Crippen molar-refractivity contribution in [3.8, 4) is 5.75 Å². The molecule has 98 valence electrons. The monoisotopic (exact) mass is 260 g/mol. The topological polar surface area (TPSA) is 74.4 Å². The molecule has 0 saturated heterocycles. The van der Waals surface area contributed by atoms with E-state index in [0.29, 0.717) is 11.3 Å². The lowest BCUT2D eigenvalue weighted by molar-refractivity contribution is -0.384. The third-order valence-electron chi connectivity index (χ3n) is 2.55. The van der Waals surface area contributed by atoms with Crippen LogP contribution in [0.1, 0.15) is 10.4 Å². The van der Waals surface area contributed by atoms with E-state index in [-0.39, 0.29) is 18.1 Å². The Kier molecular flexibility index (Phi) is 3.61. The highest BCUT2D eigenvalue weighted by molar-refractivity contribution is 5.97. The van der Waals surface area contributed by atoms with Gasteiger partial charge in [0.05, 0.1) is 11.0 Å². The Bertz CT molecular complexity index is 619. The molecule has 1 aromatic carbocycles. The molecule has 0 amide bonds. The van der Waals surface area contributed by atoms with Crippen LogP contribution in [-0.4, -0.2) is 21.9 Å². The Morgan fingerprint density at radius 3 is 2.84 bits per heavy atom. The highest BCUT2D eigenvalue weighted by Crippen LogP contribution is 2.19. The number of aromatic nitrogens is 1. The molecule has 0 bridgehead atoms. The number of rotatable bonds is 5. The van der Waals surface area contributed by atoms with Gasteiger partial charge in [-0.3, -0.25) is 14.9 Å². The van der Waals surface area contributed by atoms with Gasteiger partial charge in [0, 0.05) is 31.1 Å². The molecule has 0 unspecified atom stereocenters. The fraction of sp³-hybridized carbons (Fsp3) is 0.154. The average Bonchev–Trinajstić information content (AvgIpc) is 2.83. The van der Waals surface area contributed by atoms with Gasteiger partial charge in [-0.05, 0) is 12.1 Å². The lowest BCUT2D eigenvalue weighted by atomic mass is 10.2. The van der Waals surface area contributed by atoms with E-state index in [4.69, 9.17) is 4.74 Å². The lowest BCUT2D eigenvalue weighted by Crippen LogP contribution is -2.11. The maximum absolute atomic E-state index is 11.8. The van der Waals surface area contributed by atoms with Crippen molar-refractivity contribution in [2.24, 2.45) is 7.05 Å². The standard InChI is InChI=1S/C13H12N2O4/c1-14-6-5-10(8-14)13(16)9-19-12-4-2-3-11(7-12)15(17)18/h2-8H,9H2,1H3. The second kappa shape index (κ2) is 5.34. The van der Waals surface area contributed by atoms with Crippen molar-refractivity contribution < 1.29 is 14.5 Å². The number of nitro benzene ring substituents is 1. The zero-order valence-electron chi connectivity index (χ0n) is 10.3. The number of benzene rings is 1. The van der Waals surface area contributed by atoms with Crippen LogP contribution in [0.15, 0.2) is 42.7 Å². The first-order valence-electron chi connectivity index (χ1n) is 5.58. The minimum absolute atomic E-state index is 0.0651. The number of hydrogen-bond donors (Lipinski definition) is 0. The highest BCUT2D eigenvalue weighted by atomic mass is 16.6. The molecule has 0 atom stereocenters. The van der Waals surface area contributed by atoms with Gasteiger partial charge in [-0.2, -0.15) is 0 Å². The van der Waals surface area contributed by atoms with E-state index in [0.717, 1.165) is 0 Å². The van der Waals surface area contributed by atoms with Crippen molar-refractivity contribution >= 4 is 11.5 Å². The van der Waals surface area contributed by atoms with Gasteiger partial charge in [-0.1, -0.05) is 6.07 Å². The summed E-state index contributed by atoms with van der Waals surface area (Å²) in [5, 5.41) is 10.6. The molecule has 0 aliphatic rings. The van der Waals surface area contributed by atoms with Crippen molar-refractivity contribution in [1.82, 2.24) is 4.57 Å². The number of ether oxygens (including phenoxy) is 1. The minimum Gasteiger partial charge on any atom is -0.485 e. The number of ketones is 1. The summed E-state index contributed by atoms with van der Waals surface area (Å²) in [4.78, 5) is 21.9. The van der Waals surface area contributed by atoms with E-state index in [1.165, 1.54) is 18.2 Å². The average molecular weight is 260 g/mol. The van der Waals surface area contributed by atoms with Crippen molar-refractivity contribution in [3.05, 3.63) is 58.4 Å². The Hall–Kier alpha value is -2.63. The molecule has 2 rings (SSSR count). The fourth-order valence-electron chi connectivity index (χ4n) is 1.59. The Morgan fingerprint density at radius 1 is 1.42 bits per heavy atom. The smallest absolute Gasteiger partial charge is 0.273 e. The number of non-ortho nitro benzene ring substituents is 1. The van der Waals surface area contributed by atoms with Crippen LogP contribution in [0.3, 0.4) is 0 Å². The number of Topliss-reactive ketones (excluding diaryl/α,β-unsaturated/α-hetero) is 1. The summed E-state index contributed by atoms with van der Waals surface area (Å²) >= 11 is 0. The molecule has 19 heavy (non-hydrogen) atoms. The van der Waals surface area contributed by atoms with Gasteiger partial charge >= 0.3 is 0 Å². The molecule has 1 aromatic heterocycles. The summed E-state index contributed by atoms with van der Waals surface area (Å²) in [6.07, 6.45) is 3.46. The summed E-state index contributed by atoms with van der Waals surface area (Å²) in [5.74, 6) is 0.130. The van der Waals surface area contributed by atoms with Gasteiger partial charge in [-0.15, -0.1) is 0 Å². The van der Waals surface area contributed by atoms with E-state index >= 15 is 0 Å². The summed E-state index contributed by atoms with van der Waals surface area (Å²) < 4.78 is 7.02. The summed E-state index contributed by atoms with van der Waals surface area (Å²) in [5.41, 5.74) is 0.484. The third kappa shape index (κ3) is 3.19. The van der Waals surface area contributed by atoms with Gasteiger partial charge in [0.15, 0.2) is 6.61 Å². The molecule has 0 radical (unpaired) electrons. The highest BCUT2D eigenvalue weighted by Gasteiger charge is 2.10. The molecule has 2 aromatic rings. The number of carbonyl (C=O) groups excluding carboxylic acids is 1. The molecule has 0 fully saturated rings. The van der Waals surface area contributed by atoms with Crippen LogP contribution in [0.25, 0.3) is 0 Å². The van der Waals surface area contributed by atoms with Crippen LogP contribution in [0.5, 0.6) is 5.75 Å². The van der Waals surface area contributed by atoms with Crippen molar-refractivity contribution in [1.29, 1.82) is 0 Å². The van der Waals surface area contributed by atoms with E-state index in [2.05, 4.69) is 0 Å². The number of carbonyl (C=O) groups is 1. The third-order valence-corrected chi connectivity index (χ3v) is 2.55. The second-order valence-electron chi connectivity index (χ2n) is 4.03. The van der Waals surface area contributed by atoms with Crippen LogP contribution in [-0.2, 0) is 7.05 Å². The van der Waals surface area contributed by atoms with E-state index in [9.17, 15) is 14.9 Å². The zero-order chi connectivity index (χ0) is 13.8. The minimum atomic E-state index is -0.508. The van der Waals surface area contributed by atoms with Crippen molar-refractivity contribution in [2.45, 2.75) is 0 Å². The molecule has 0 aliphatic carbocycles. The lowest BCUT2D eigenvalue weighted by Gasteiger charge is -2.04. The largest absolute Gasteiger partial charge is 0.485 e. The zero-order valence-corrected chi connectivity index (χ0v) is 10.3. The molecule has 0 spiro atoms. The molecule has 0 saturated carbocycles. The summed E-state index contributed by atoms with van der Waals surface area (Å²) in [7, 11) is 1.82. The van der Waals surface area contributed by atoms with Crippen LogP contribution in [0.4, 0.5) is 5.69 Å². The molecule has 0 aliphatic heterocycles. The first-order chi connectivity index (χ1) is 9.06. The van der Waals surface area contributed by atoms with Crippen LogP contribution < -0.4 is 4.74 Å². The number of nitrogens with zero attached hydrogens (tertiary/aromatic N) is 2. The molecule has 6 heteroatoms. The summed E-state index contributed by atoms with van der Waals surface area (Å²) in [6, 6.07) is 7.44. The van der Waals surface area contributed by atoms with Crippen LogP contribution in [0.2, 0.25) is 0 Å². The van der Waals surface area contributed by atoms with Gasteiger partial charge < -0.3 is 9.30 Å². The summed E-state index contributed by atoms with van der Waals surface area (Å²) in [6.45, 7) is -0.148. The predicted octanol–water partition coefficient (Wildman–Crippen LogP) is 2.20. The SMILES string of the molecule is Cn1ccc(C(=O)COc2cccc([N+](=O)[O-])c2)c1. The van der Waals surface area contributed by atoms with Crippen LogP contribution >= 0.6 is 0 Å². The molecule has 1 heterocycles. The van der Waals surface area contributed by atoms with Gasteiger partial charge in [0.25, 0.3) is 5.69 Å². The Morgan fingerprint density at radius 2 is 2.21 bits per heavy atom. The first kappa shape index (κ1) is 12.8. The van der Waals surface area contributed by atoms with Crippen molar-refractivity contribution in [3.63, 3.8) is 0 Å². The first-order valence-corrected chi connectivity index (χ1v) is 5.58. The Labute approximate surface area is 109 Å². The van der Waals surface area contributed by atoms with E-state index in [1.807, 2.05) is 7.05 Å². The molecular weight excluding hydrogens is 248 g/mol. The van der Waals surface area contributed by atoms with E-state index < -0.39 is 4.92 Å².